The van der Waals surface area contributed by atoms with Gasteiger partial charge in [0.15, 0.2) is 6.10 Å². The molecule has 0 spiro atoms. The highest BCUT2D eigenvalue weighted by Gasteiger charge is 2.18. The summed E-state index contributed by atoms with van der Waals surface area (Å²) in [6.07, 6.45) is 0.228. The molecule has 5 heteroatoms. The summed E-state index contributed by atoms with van der Waals surface area (Å²) in [5, 5.41) is 5.63. The lowest BCUT2D eigenvalue weighted by molar-refractivity contribution is -0.122. The van der Waals surface area contributed by atoms with Crippen molar-refractivity contribution >= 4 is 23.2 Å². The molecule has 2 amide bonds. The number of amides is 2. The van der Waals surface area contributed by atoms with Gasteiger partial charge in [-0.2, -0.15) is 0 Å². The second-order valence-corrected chi connectivity index (χ2v) is 6.61. The van der Waals surface area contributed by atoms with Crippen molar-refractivity contribution in [3.8, 4) is 5.75 Å². The minimum Gasteiger partial charge on any atom is -0.481 e. The van der Waals surface area contributed by atoms with E-state index in [1.807, 2.05) is 42.5 Å². The van der Waals surface area contributed by atoms with Gasteiger partial charge in [-0.15, -0.1) is 0 Å². The van der Waals surface area contributed by atoms with E-state index in [0.717, 1.165) is 6.42 Å². The van der Waals surface area contributed by atoms with Crippen LogP contribution in [0.1, 0.15) is 29.8 Å². The van der Waals surface area contributed by atoms with E-state index in [-0.39, 0.29) is 11.8 Å². The molecule has 0 radical (unpaired) electrons. The lowest BCUT2D eigenvalue weighted by Gasteiger charge is -2.16. The summed E-state index contributed by atoms with van der Waals surface area (Å²) < 4.78 is 5.73. The van der Waals surface area contributed by atoms with E-state index in [1.165, 1.54) is 5.56 Å². The minimum atomic E-state index is -0.715. The van der Waals surface area contributed by atoms with Gasteiger partial charge in [0.1, 0.15) is 5.75 Å². The molecule has 0 saturated carbocycles. The van der Waals surface area contributed by atoms with E-state index < -0.39 is 6.10 Å². The largest absolute Gasteiger partial charge is 0.481 e. The van der Waals surface area contributed by atoms with Crippen LogP contribution in [0.2, 0.25) is 0 Å². The molecule has 148 valence electrons. The van der Waals surface area contributed by atoms with Crippen LogP contribution in [0.15, 0.2) is 78.9 Å². The van der Waals surface area contributed by atoms with Crippen molar-refractivity contribution in [2.75, 3.05) is 10.6 Å². The monoisotopic (exact) mass is 388 g/mol. The number of para-hydroxylation sites is 2. The van der Waals surface area contributed by atoms with Crippen LogP contribution in [-0.2, 0) is 11.2 Å². The quantitative estimate of drug-likeness (QED) is 0.604. The Morgan fingerprint density at radius 3 is 2.21 bits per heavy atom. The van der Waals surface area contributed by atoms with Crippen LogP contribution >= 0.6 is 0 Å². The first-order valence-corrected chi connectivity index (χ1v) is 9.58. The Hall–Kier alpha value is -3.60. The van der Waals surface area contributed by atoms with Crippen LogP contribution in [-0.4, -0.2) is 17.9 Å². The van der Waals surface area contributed by atoms with Crippen LogP contribution in [0.3, 0.4) is 0 Å². The molecule has 29 heavy (non-hydrogen) atoms. The Balaban J connectivity index is 1.67. The average Bonchev–Trinajstić information content (AvgIpc) is 2.75. The number of benzene rings is 3. The van der Waals surface area contributed by atoms with E-state index in [9.17, 15) is 9.59 Å². The second-order valence-electron chi connectivity index (χ2n) is 6.61. The van der Waals surface area contributed by atoms with Gasteiger partial charge in [0, 0.05) is 5.69 Å². The van der Waals surface area contributed by atoms with Crippen LogP contribution in [0.4, 0.5) is 11.4 Å². The number of hydrogen-bond acceptors (Lipinski definition) is 3. The summed E-state index contributed by atoms with van der Waals surface area (Å²) in [4.78, 5) is 25.2. The summed E-state index contributed by atoms with van der Waals surface area (Å²) in [7, 11) is 0. The molecule has 0 aromatic heterocycles. The third-order valence-electron chi connectivity index (χ3n) is 4.47. The van der Waals surface area contributed by atoms with Crippen LogP contribution < -0.4 is 15.4 Å². The third kappa shape index (κ3) is 5.45. The number of ether oxygens (including phenoxy) is 1. The SMILES string of the molecule is CCc1ccc(O[C@H](C)C(=O)Nc2ccccc2C(=O)Nc2ccccc2)cc1. The van der Waals surface area contributed by atoms with Crippen LogP contribution in [0, 0.1) is 0 Å². The highest BCUT2D eigenvalue weighted by atomic mass is 16.5. The predicted molar refractivity (Wildman–Crippen MR) is 115 cm³/mol. The highest BCUT2D eigenvalue weighted by molar-refractivity contribution is 6.10. The molecule has 0 fully saturated rings. The molecular formula is C24H24N2O3. The first-order chi connectivity index (χ1) is 14.1. The van der Waals surface area contributed by atoms with Crippen molar-refractivity contribution in [3.63, 3.8) is 0 Å². The molecule has 3 aromatic carbocycles. The van der Waals surface area contributed by atoms with Gasteiger partial charge in [0.2, 0.25) is 0 Å². The van der Waals surface area contributed by atoms with Gasteiger partial charge in [-0.1, -0.05) is 49.4 Å². The van der Waals surface area contributed by atoms with Gasteiger partial charge >= 0.3 is 0 Å². The standard InChI is InChI=1S/C24H24N2O3/c1-3-18-13-15-20(16-14-18)29-17(2)23(27)26-22-12-8-7-11-21(22)24(28)25-19-9-5-4-6-10-19/h4-17H,3H2,1-2H3,(H,25,28)(H,26,27)/t17-/m1/s1. The molecule has 0 bridgehead atoms. The summed E-state index contributed by atoms with van der Waals surface area (Å²) in [6.45, 7) is 3.76. The van der Waals surface area contributed by atoms with E-state index in [4.69, 9.17) is 4.74 Å². The van der Waals surface area contributed by atoms with Crippen LogP contribution in [0.5, 0.6) is 5.75 Å². The fourth-order valence-electron chi connectivity index (χ4n) is 2.81. The zero-order valence-electron chi connectivity index (χ0n) is 16.5. The van der Waals surface area contributed by atoms with Gasteiger partial charge in [-0.05, 0) is 55.3 Å². The van der Waals surface area contributed by atoms with Gasteiger partial charge in [0.05, 0.1) is 11.3 Å². The third-order valence-corrected chi connectivity index (χ3v) is 4.47. The number of carbonyl (C=O) groups is 2. The summed E-state index contributed by atoms with van der Waals surface area (Å²) in [5.74, 6) is 0.000288. The number of hydrogen-bond donors (Lipinski definition) is 2. The van der Waals surface area contributed by atoms with Gasteiger partial charge in [0.25, 0.3) is 11.8 Å². The average molecular weight is 388 g/mol. The Morgan fingerprint density at radius 1 is 0.862 bits per heavy atom. The molecule has 3 aromatic rings. The van der Waals surface area contributed by atoms with E-state index in [1.54, 1.807) is 43.3 Å². The maximum absolute atomic E-state index is 12.6. The molecule has 0 aliphatic rings. The number of carbonyl (C=O) groups excluding carboxylic acids is 2. The molecule has 1 atom stereocenters. The van der Waals surface area contributed by atoms with E-state index in [2.05, 4.69) is 17.6 Å². The lowest BCUT2D eigenvalue weighted by Crippen LogP contribution is -2.31. The normalized spacial score (nSPS) is 11.4. The summed E-state index contributed by atoms with van der Waals surface area (Å²) >= 11 is 0. The zero-order chi connectivity index (χ0) is 20.6. The van der Waals surface area contributed by atoms with Crippen molar-refractivity contribution in [2.24, 2.45) is 0 Å². The second kappa shape index (κ2) is 9.55. The van der Waals surface area contributed by atoms with Crippen molar-refractivity contribution < 1.29 is 14.3 Å². The molecule has 0 aliphatic carbocycles. The first-order valence-electron chi connectivity index (χ1n) is 9.58. The summed E-state index contributed by atoms with van der Waals surface area (Å²) in [6, 6.07) is 23.7. The number of nitrogens with one attached hydrogen (secondary N) is 2. The fraction of sp³-hybridized carbons (Fsp3) is 0.167. The first kappa shape index (κ1) is 20.1. The van der Waals surface area contributed by atoms with Crippen molar-refractivity contribution in [1.29, 1.82) is 0 Å². The van der Waals surface area contributed by atoms with Gasteiger partial charge in [-0.25, -0.2) is 0 Å². The molecule has 0 saturated heterocycles. The molecule has 3 rings (SSSR count). The van der Waals surface area contributed by atoms with Gasteiger partial charge < -0.3 is 15.4 Å². The van der Waals surface area contributed by atoms with Crippen molar-refractivity contribution in [3.05, 3.63) is 90.0 Å². The minimum absolute atomic E-state index is 0.296. The topological polar surface area (TPSA) is 67.4 Å². The zero-order valence-corrected chi connectivity index (χ0v) is 16.5. The molecule has 0 aliphatic heterocycles. The molecule has 0 heterocycles. The number of aryl methyl sites for hydroxylation is 1. The Labute approximate surface area is 170 Å². The molecule has 5 nitrogen and oxygen atoms in total. The Bertz CT molecular complexity index is 969. The molecule has 2 N–H and O–H groups in total. The van der Waals surface area contributed by atoms with Gasteiger partial charge in [-0.3, -0.25) is 9.59 Å². The van der Waals surface area contributed by atoms with Crippen LogP contribution in [0.25, 0.3) is 0 Å². The maximum Gasteiger partial charge on any atom is 0.265 e. The fourth-order valence-corrected chi connectivity index (χ4v) is 2.81. The predicted octanol–water partition coefficient (Wildman–Crippen LogP) is 4.91. The van der Waals surface area contributed by atoms with Crippen molar-refractivity contribution in [1.82, 2.24) is 0 Å². The molecular weight excluding hydrogens is 364 g/mol. The maximum atomic E-state index is 12.6. The van der Waals surface area contributed by atoms with E-state index >= 15 is 0 Å². The summed E-state index contributed by atoms with van der Waals surface area (Å²) in [5.41, 5.74) is 2.70. The number of rotatable bonds is 7. The smallest absolute Gasteiger partial charge is 0.265 e. The highest BCUT2D eigenvalue weighted by Crippen LogP contribution is 2.19. The van der Waals surface area contributed by atoms with E-state index in [0.29, 0.717) is 22.7 Å². The lowest BCUT2D eigenvalue weighted by atomic mass is 10.1. The van der Waals surface area contributed by atoms with Crippen molar-refractivity contribution in [2.45, 2.75) is 26.4 Å². The molecule has 0 unspecified atom stereocenters. The number of anilines is 2. The Kier molecular flexibility index (Phi) is 6.63. The Morgan fingerprint density at radius 2 is 1.52 bits per heavy atom.